The Morgan fingerprint density at radius 3 is 2.90 bits per heavy atom. The second kappa shape index (κ2) is 4.95. The predicted octanol–water partition coefficient (Wildman–Crippen LogP) is 2.89. The predicted molar refractivity (Wildman–Crippen MR) is 72.4 cm³/mol. The third-order valence-corrected chi connectivity index (χ3v) is 4.44. The summed E-state index contributed by atoms with van der Waals surface area (Å²) in [5.74, 6) is -1.06. The van der Waals surface area contributed by atoms with E-state index >= 15 is 0 Å². The van der Waals surface area contributed by atoms with Crippen molar-refractivity contribution in [3.05, 3.63) is 51.9 Å². The van der Waals surface area contributed by atoms with Crippen LogP contribution in [0, 0.1) is 18.6 Å². The van der Waals surface area contributed by atoms with Gasteiger partial charge in [-0.05, 0) is 25.1 Å². The second-order valence-electron chi connectivity index (χ2n) is 3.97. The largest absolute Gasteiger partial charge is 0.275 e. The minimum absolute atomic E-state index is 0.119. The molecule has 0 atom stereocenters. The number of aryl methyl sites for hydroxylation is 1. The van der Waals surface area contributed by atoms with Crippen LogP contribution in [0.5, 0.6) is 0 Å². The summed E-state index contributed by atoms with van der Waals surface area (Å²) in [6, 6.07) is 4.56. The minimum Gasteiger partial charge on any atom is -0.267 e. The van der Waals surface area contributed by atoms with E-state index in [0.717, 1.165) is 45.8 Å². The number of nitrogens with zero attached hydrogens (tertiary/aromatic N) is 3. The Bertz CT molecular complexity index is 860. The van der Waals surface area contributed by atoms with Crippen LogP contribution in [0.4, 0.5) is 8.78 Å². The number of fused-ring (bicyclic) bond motifs is 1. The number of halogens is 2. The molecule has 3 aromatic rings. The zero-order valence-electron chi connectivity index (χ0n) is 10.1. The molecule has 3 rings (SSSR count). The third-order valence-electron chi connectivity index (χ3n) is 2.45. The molecule has 0 aliphatic heterocycles. The fourth-order valence-electron chi connectivity index (χ4n) is 1.59. The average molecular weight is 311 g/mol. The Hall–Kier alpha value is -1.80. The van der Waals surface area contributed by atoms with Crippen molar-refractivity contribution in [2.45, 2.75) is 16.2 Å². The number of hydrogen-bond donors (Lipinski definition) is 0. The lowest BCUT2D eigenvalue weighted by Gasteiger charge is -1.98. The molecule has 0 saturated carbocycles. The van der Waals surface area contributed by atoms with Crippen LogP contribution < -0.4 is 5.56 Å². The monoisotopic (exact) mass is 311 g/mol. The standard InChI is InChI=1S/C12H7F2N3OS2/c1-6-4-10(18)17-11(15-6)20-12(16-17)19-9-5-7(13)2-3-8(9)14/h2-5H,1H3. The Balaban J connectivity index is 2.05. The third kappa shape index (κ3) is 2.44. The van der Waals surface area contributed by atoms with E-state index in [2.05, 4.69) is 10.1 Å². The molecule has 8 heteroatoms. The smallest absolute Gasteiger partial charge is 0.267 e. The molecule has 0 spiro atoms. The zero-order chi connectivity index (χ0) is 14.3. The molecule has 2 aromatic heterocycles. The molecule has 0 bridgehead atoms. The van der Waals surface area contributed by atoms with E-state index in [9.17, 15) is 13.6 Å². The van der Waals surface area contributed by atoms with Gasteiger partial charge in [0.25, 0.3) is 5.56 Å². The number of hydrogen-bond acceptors (Lipinski definition) is 5. The molecule has 0 fully saturated rings. The lowest BCUT2D eigenvalue weighted by Crippen LogP contribution is -2.14. The van der Waals surface area contributed by atoms with Gasteiger partial charge in [-0.2, -0.15) is 4.52 Å². The van der Waals surface area contributed by atoms with Crippen molar-refractivity contribution in [3.63, 3.8) is 0 Å². The first-order valence-electron chi connectivity index (χ1n) is 5.53. The highest BCUT2D eigenvalue weighted by Gasteiger charge is 2.12. The van der Waals surface area contributed by atoms with Gasteiger partial charge in [0.15, 0.2) is 4.34 Å². The van der Waals surface area contributed by atoms with Crippen LogP contribution in [-0.2, 0) is 0 Å². The Labute approximate surface area is 120 Å². The summed E-state index contributed by atoms with van der Waals surface area (Å²) in [4.78, 5) is 16.4. The zero-order valence-corrected chi connectivity index (χ0v) is 11.8. The lowest BCUT2D eigenvalue weighted by atomic mass is 10.3. The van der Waals surface area contributed by atoms with Gasteiger partial charge < -0.3 is 0 Å². The first kappa shape index (κ1) is 13.2. The summed E-state index contributed by atoms with van der Waals surface area (Å²) in [6.07, 6.45) is 0. The molecule has 2 heterocycles. The maximum Gasteiger partial charge on any atom is 0.275 e. The minimum atomic E-state index is -0.535. The molecule has 0 aliphatic rings. The molecule has 0 N–H and O–H groups in total. The van der Waals surface area contributed by atoms with Gasteiger partial charge in [0.2, 0.25) is 4.96 Å². The number of benzene rings is 1. The van der Waals surface area contributed by atoms with Crippen molar-refractivity contribution in [2.75, 3.05) is 0 Å². The summed E-state index contributed by atoms with van der Waals surface area (Å²) < 4.78 is 28.2. The van der Waals surface area contributed by atoms with Crippen LogP contribution in [-0.4, -0.2) is 14.6 Å². The molecule has 0 unspecified atom stereocenters. The van der Waals surface area contributed by atoms with Gasteiger partial charge >= 0.3 is 0 Å². The highest BCUT2D eigenvalue weighted by Crippen LogP contribution is 2.32. The van der Waals surface area contributed by atoms with E-state index in [0.29, 0.717) is 15.0 Å². The SMILES string of the molecule is Cc1cc(=O)n2nc(Sc3cc(F)ccc3F)sc2n1. The molecule has 0 radical (unpaired) electrons. The maximum atomic E-state index is 13.6. The summed E-state index contributed by atoms with van der Waals surface area (Å²) in [7, 11) is 0. The molecular weight excluding hydrogens is 304 g/mol. The second-order valence-corrected chi connectivity index (χ2v) is 6.22. The molecule has 102 valence electrons. The highest BCUT2D eigenvalue weighted by atomic mass is 32.2. The lowest BCUT2D eigenvalue weighted by molar-refractivity contribution is 0.577. The van der Waals surface area contributed by atoms with Crippen molar-refractivity contribution < 1.29 is 8.78 Å². The average Bonchev–Trinajstić information content (AvgIpc) is 2.76. The van der Waals surface area contributed by atoms with Crippen LogP contribution in [0.3, 0.4) is 0 Å². The van der Waals surface area contributed by atoms with Gasteiger partial charge in [-0.15, -0.1) is 5.10 Å². The first-order valence-corrected chi connectivity index (χ1v) is 7.16. The van der Waals surface area contributed by atoms with Gasteiger partial charge in [0, 0.05) is 11.8 Å². The Kier molecular flexibility index (Phi) is 3.27. The molecule has 0 aliphatic carbocycles. The van der Waals surface area contributed by atoms with Gasteiger partial charge in [-0.25, -0.2) is 13.8 Å². The van der Waals surface area contributed by atoms with E-state index < -0.39 is 11.6 Å². The van der Waals surface area contributed by atoms with Crippen molar-refractivity contribution >= 4 is 28.1 Å². The quantitative estimate of drug-likeness (QED) is 0.730. The van der Waals surface area contributed by atoms with Gasteiger partial charge in [0.05, 0.1) is 4.90 Å². The Morgan fingerprint density at radius 1 is 1.30 bits per heavy atom. The van der Waals surface area contributed by atoms with Crippen molar-refractivity contribution in [1.29, 1.82) is 0 Å². The van der Waals surface area contributed by atoms with E-state index in [1.807, 2.05) is 0 Å². The van der Waals surface area contributed by atoms with E-state index in [4.69, 9.17) is 0 Å². The first-order chi connectivity index (χ1) is 9.52. The summed E-state index contributed by atoms with van der Waals surface area (Å²) >= 11 is 2.11. The van der Waals surface area contributed by atoms with Crippen molar-refractivity contribution in [1.82, 2.24) is 14.6 Å². The normalized spacial score (nSPS) is 11.2. The molecule has 1 aromatic carbocycles. The maximum absolute atomic E-state index is 13.6. The van der Waals surface area contributed by atoms with Crippen LogP contribution in [0.25, 0.3) is 4.96 Å². The van der Waals surface area contributed by atoms with Gasteiger partial charge in [-0.3, -0.25) is 4.79 Å². The summed E-state index contributed by atoms with van der Waals surface area (Å²) in [6.45, 7) is 1.71. The van der Waals surface area contributed by atoms with Crippen molar-refractivity contribution in [2.24, 2.45) is 0 Å². The molecule has 20 heavy (non-hydrogen) atoms. The van der Waals surface area contributed by atoms with Gasteiger partial charge in [-0.1, -0.05) is 23.1 Å². The van der Waals surface area contributed by atoms with Crippen LogP contribution >= 0.6 is 23.1 Å². The molecular formula is C12H7F2N3OS2. The van der Waals surface area contributed by atoms with E-state index in [-0.39, 0.29) is 10.5 Å². The fourth-order valence-corrected chi connectivity index (χ4v) is 3.59. The van der Waals surface area contributed by atoms with E-state index in [1.165, 1.54) is 6.07 Å². The topological polar surface area (TPSA) is 47.3 Å². The summed E-state index contributed by atoms with van der Waals surface area (Å²) in [5, 5.41) is 4.05. The number of rotatable bonds is 2. The molecule has 4 nitrogen and oxygen atoms in total. The molecule has 0 saturated heterocycles. The highest BCUT2D eigenvalue weighted by molar-refractivity contribution is 8.01. The van der Waals surface area contributed by atoms with Crippen LogP contribution in [0.2, 0.25) is 0 Å². The van der Waals surface area contributed by atoms with Crippen LogP contribution in [0.1, 0.15) is 5.69 Å². The number of aromatic nitrogens is 3. The fraction of sp³-hybridized carbons (Fsp3) is 0.0833. The Morgan fingerprint density at radius 2 is 2.10 bits per heavy atom. The van der Waals surface area contributed by atoms with Crippen molar-refractivity contribution in [3.8, 4) is 0 Å². The summed E-state index contributed by atoms with van der Waals surface area (Å²) in [5.41, 5.74) is 0.294. The van der Waals surface area contributed by atoms with Gasteiger partial charge in [0.1, 0.15) is 11.6 Å². The van der Waals surface area contributed by atoms with E-state index in [1.54, 1.807) is 6.92 Å². The molecule has 0 amide bonds. The van der Waals surface area contributed by atoms with Crippen LogP contribution in [0.15, 0.2) is 38.3 Å².